The van der Waals surface area contributed by atoms with Gasteiger partial charge in [0.1, 0.15) is 10.6 Å². The van der Waals surface area contributed by atoms with E-state index in [1.165, 1.54) is 22.4 Å². The Hall–Kier alpha value is -1.65. The Balaban J connectivity index is 1.77. The summed E-state index contributed by atoms with van der Waals surface area (Å²) in [4.78, 5) is 11.5. The van der Waals surface area contributed by atoms with Crippen molar-refractivity contribution < 1.29 is 0 Å². The molecule has 136 valence electrons. The highest BCUT2D eigenvalue weighted by Gasteiger charge is 2.31. The Bertz CT molecular complexity index is 954. The van der Waals surface area contributed by atoms with Crippen LogP contribution in [0.25, 0.3) is 10.2 Å². The SMILES string of the molecule is Cc1ccc(Nc2nc(Cl)nc3sc4c(c23)CCC(C(C)(C)C)C4)cc1. The Labute approximate surface area is 163 Å². The number of hydrogen-bond donors (Lipinski definition) is 1. The predicted octanol–water partition coefficient (Wildman–Crippen LogP) is 6.55. The summed E-state index contributed by atoms with van der Waals surface area (Å²) < 4.78 is 0. The van der Waals surface area contributed by atoms with Gasteiger partial charge in [-0.2, -0.15) is 4.98 Å². The van der Waals surface area contributed by atoms with Crippen molar-refractivity contribution in [3.05, 3.63) is 45.6 Å². The molecule has 2 heterocycles. The van der Waals surface area contributed by atoms with Crippen molar-refractivity contribution in [2.75, 3.05) is 5.32 Å². The predicted molar refractivity (Wildman–Crippen MR) is 112 cm³/mol. The van der Waals surface area contributed by atoms with Crippen molar-refractivity contribution in [1.29, 1.82) is 0 Å². The van der Waals surface area contributed by atoms with E-state index in [1.54, 1.807) is 11.3 Å². The normalized spacial score (nSPS) is 17.3. The van der Waals surface area contributed by atoms with E-state index < -0.39 is 0 Å². The van der Waals surface area contributed by atoms with Gasteiger partial charge in [-0.25, -0.2) is 4.98 Å². The van der Waals surface area contributed by atoms with Gasteiger partial charge in [0.25, 0.3) is 0 Å². The first-order valence-corrected chi connectivity index (χ1v) is 10.3. The van der Waals surface area contributed by atoms with Crippen molar-refractivity contribution >= 4 is 44.7 Å². The number of thiophene rings is 1. The lowest BCUT2D eigenvalue weighted by Gasteiger charge is -2.33. The maximum absolute atomic E-state index is 6.22. The standard InChI is InChI=1S/C21H24ClN3S/c1-12-5-8-14(9-6-12)23-18-17-15-10-7-13(21(2,3)4)11-16(15)26-19(17)25-20(22)24-18/h5-6,8-9,13H,7,10-11H2,1-4H3,(H,23,24,25). The third-order valence-corrected chi connectivity index (χ3v) is 6.74. The molecule has 2 aromatic heterocycles. The van der Waals surface area contributed by atoms with Crippen LogP contribution < -0.4 is 5.32 Å². The lowest BCUT2D eigenvalue weighted by molar-refractivity contribution is 0.218. The molecule has 0 radical (unpaired) electrons. The lowest BCUT2D eigenvalue weighted by Crippen LogP contribution is -2.26. The van der Waals surface area contributed by atoms with E-state index in [1.807, 2.05) is 0 Å². The van der Waals surface area contributed by atoms with E-state index in [0.717, 1.165) is 34.6 Å². The molecule has 1 aliphatic rings. The molecule has 1 aromatic carbocycles. The fourth-order valence-electron chi connectivity index (χ4n) is 3.75. The van der Waals surface area contributed by atoms with E-state index in [4.69, 9.17) is 11.6 Å². The molecule has 0 spiro atoms. The summed E-state index contributed by atoms with van der Waals surface area (Å²) >= 11 is 8.01. The molecule has 0 amide bonds. The number of nitrogens with zero attached hydrogens (tertiary/aromatic N) is 2. The van der Waals surface area contributed by atoms with Crippen LogP contribution in [0.5, 0.6) is 0 Å². The van der Waals surface area contributed by atoms with E-state index in [2.05, 4.69) is 67.2 Å². The molecule has 1 N–H and O–H groups in total. The summed E-state index contributed by atoms with van der Waals surface area (Å²) in [5, 5.41) is 4.92. The average Bonchev–Trinajstić information content (AvgIpc) is 2.93. The maximum Gasteiger partial charge on any atom is 0.225 e. The summed E-state index contributed by atoms with van der Waals surface area (Å²) in [6, 6.07) is 8.34. The summed E-state index contributed by atoms with van der Waals surface area (Å²) in [6.07, 6.45) is 3.43. The quantitative estimate of drug-likeness (QED) is 0.508. The molecule has 3 nitrogen and oxygen atoms in total. The van der Waals surface area contributed by atoms with Crippen molar-refractivity contribution in [3.63, 3.8) is 0 Å². The van der Waals surface area contributed by atoms with Crippen LogP contribution in [0.3, 0.4) is 0 Å². The van der Waals surface area contributed by atoms with Crippen LogP contribution in [0, 0.1) is 18.3 Å². The zero-order chi connectivity index (χ0) is 18.5. The number of aryl methyl sites for hydroxylation is 2. The van der Waals surface area contributed by atoms with Crippen LogP contribution in [0.15, 0.2) is 24.3 Å². The highest BCUT2D eigenvalue weighted by Crippen LogP contribution is 2.45. The Morgan fingerprint density at radius 2 is 1.88 bits per heavy atom. The Kier molecular flexibility index (Phi) is 4.44. The monoisotopic (exact) mass is 385 g/mol. The van der Waals surface area contributed by atoms with Gasteiger partial charge in [-0.3, -0.25) is 0 Å². The van der Waals surface area contributed by atoms with Crippen LogP contribution in [-0.2, 0) is 12.8 Å². The summed E-state index contributed by atoms with van der Waals surface area (Å²) in [6.45, 7) is 9.12. The fraction of sp³-hybridized carbons (Fsp3) is 0.429. The molecule has 1 unspecified atom stereocenters. The van der Waals surface area contributed by atoms with Gasteiger partial charge in [0.05, 0.1) is 5.39 Å². The minimum atomic E-state index is 0.304. The topological polar surface area (TPSA) is 37.8 Å². The second-order valence-electron chi connectivity index (χ2n) is 8.32. The number of hydrogen-bond acceptors (Lipinski definition) is 4. The number of nitrogens with one attached hydrogen (secondary N) is 1. The fourth-order valence-corrected chi connectivity index (χ4v) is 5.27. The number of fused-ring (bicyclic) bond motifs is 3. The lowest BCUT2D eigenvalue weighted by atomic mass is 9.72. The summed E-state index contributed by atoms with van der Waals surface area (Å²) in [5.74, 6) is 1.54. The minimum absolute atomic E-state index is 0.304. The average molecular weight is 386 g/mol. The van der Waals surface area contributed by atoms with Gasteiger partial charge < -0.3 is 5.32 Å². The highest BCUT2D eigenvalue weighted by atomic mass is 35.5. The number of anilines is 2. The molecule has 5 heteroatoms. The number of aromatic nitrogens is 2. The summed E-state index contributed by atoms with van der Waals surface area (Å²) in [5.41, 5.74) is 4.01. The van der Waals surface area contributed by atoms with Gasteiger partial charge in [0, 0.05) is 10.6 Å². The maximum atomic E-state index is 6.22. The van der Waals surface area contributed by atoms with Gasteiger partial charge >= 0.3 is 0 Å². The van der Waals surface area contributed by atoms with E-state index in [-0.39, 0.29) is 0 Å². The Morgan fingerprint density at radius 3 is 2.58 bits per heavy atom. The molecular formula is C21H24ClN3S. The molecule has 1 atom stereocenters. The van der Waals surface area contributed by atoms with Gasteiger partial charge in [0.15, 0.2) is 0 Å². The molecule has 4 rings (SSSR count). The second kappa shape index (κ2) is 6.50. The highest BCUT2D eigenvalue weighted by molar-refractivity contribution is 7.19. The van der Waals surface area contributed by atoms with Crippen molar-refractivity contribution in [3.8, 4) is 0 Å². The van der Waals surface area contributed by atoms with Crippen molar-refractivity contribution in [2.24, 2.45) is 11.3 Å². The van der Waals surface area contributed by atoms with E-state index in [0.29, 0.717) is 16.6 Å². The third kappa shape index (κ3) is 3.33. The summed E-state index contributed by atoms with van der Waals surface area (Å²) in [7, 11) is 0. The third-order valence-electron chi connectivity index (χ3n) is 5.42. The number of rotatable bonds is 2. The molecule has 26 heavy (non-hydrogen) atoms. The van der Waals surface area contributed by atoms with Gasteiger partial charge in [-0.05, 0) is 66.8 Å². The molecule has 3 aromatic rings. The van der Waals surface area contributed by atoms with E-state index in [9.17, 15) is 0 Å². The first kappa shape index (κ1) is 17.7. The molecule has 0 saturated carbocycles. The molecule has 0 saturated heterocycles. The second-order valence-corrected chi connectivity index (χ2v) is 9.74. The number of benzene rings is 1. The van der Waals surface area contributed by atoms with Crippen LogP contribution in [0.1, 0.15) is 43.2 Å². The van der Waals surface area contributed by atoms with Crippen molar-refractivity contribution in [1.82, 2.24) is 9.97 Å². The Morgan fingerprint density at radius 1 is 1.15 bits per heavy atom. The van der Waals surface area contributed by atoms with Gasteiger partial charge in [-0.15, -0.1) is 11.3 Å². The van der Waals surface area contributed by atoms with Crippen LogP contribution in [-0.4, -0.2) is 9.97 Å². The van der Waals surface area contributed by atoms with Crippen LogP contribution >= 0.6 is 22.9 Å². The molecule has 0 aliphatic heterocycles. The van der Waals surface area contributed by atoms with Gasteiger partial charge in [0.2, 0.25) is 5.28 Å². The van der Waals surface area contributed by atoms with Crippen molar-refractivity contribution in [2.45, 2.75) is 47.0 Å². The molecular weight excluding hydrogens is 362 g/mol. The van der Waals surface area contributed by atoms with E-state index >= 15 is 0 Å². The zero-order valence-corrected chi connectivity index (χ0v) is 17.3. The first-order chi connectivity index (χ1) is 12.3. The molecule has 1 aliphatic carbocycles. The smallest absolute Gasteiger partial charge is 0.225 e. The largest absolute Gasteiger partial charge is 0.340 e. The first-order valence-electron chi connectivity index (χ1n) is 9.13. The molecule has 0 bridgehead atoms. The van der Waals surface area contributed by atoms with Gasteiger partial charge in [-0.1, -0.05) is 38.5 Å². The molecule has 0 fully saturated rings. The van der Waals surface area contributed by atoms with Crippen LogP contribution in [0.2, 0.25) is 5.28 Å². The van der Waals surface area contributed by atoms with Crippen LogP contribution in [0.4, 0.5) is 11.5 Å². The minimum Gasteiger partial charge on any atom is -0.340 e. The zero-order valence-electron chi connectivity index (χ0n) is 15.7. The number of halogens is 1.